The molecule has 10 aromatic carbocycles. The number of hydrogen-bond acceptors (Lipinski definition) is 15. The van der Waals surface area contributed by atoms with Gasteiger partial charge in [-0.2, -0.15) is 5.26 Å². The predicted octanol–water partition coefficient (Wildman–Crippen LogP) is 23.3. The number of alkyl carbamates (subject to hydrolysis) is 1. The first-order valence-corrected chi connectivity index (χ1v) is 45.1. The van der Waals surface area contributed by atoms with Gasteiger partial charge in [0.05, 0.1) is 29.2 Å². The van der Waals surface area contributed by atoms with Crippen molar-refractivity contribution in [3.8, 4) is 11.8 Å². The Labute approximate surface area is 778 Å². The van der Waals surface area contributed by atoms with Crippen molar-refractivity contribution in [2.24, 2.45) is 0 Å². The van der Waals surface area contributed by atoms with Crippen LogP contribution in [0.2, 0.25) is 0 Å². The molecular weight excluding hydrogens is 1810 g/mol. The van der Waals surface area contributed by atoms with Crippen LogP contribution in [0.5, 0.6) is 5.75 Å². The average Bonchev–Trinajstić information content (AvgIpc) is 1.57. The van der Waals surface area contributed by atoms with E-state index < -0.39 is 51.8 Å². The molecule has 0 saturated carbocycles. The number of carbonyl (C=O) groups excluding carboxylic acids is 9. The van der Waals surface area contributed by atoms with Gasteiger partial charge in [0.15, 0.2) is 0 Å². The fourth-order valence-corrected chi connectivity index (χ4v) is 15.3. The third-order valence-electron chi connectivity index (χ3n) is 20.1. The smallest absolute Gasteiger partial charge is 0.418 e. The fourth-order valence-electron chi connectivity index (χ4n) is 14.4. The van der Waals surface area contributed by atoms with Gasteiger partial charge in [-0.3, -0.25) is 24.0 Å². The van der Waals surface area contributed by atoms with Crippen LogP contribution in [-0.2, 0) is 67.7 Å². The molecule has 3 atom stereocenters. The monoisotopic (exact) mass is 1920 g/mol. The molecule has 9 amide bonds. The van der Waals surface area contributed by atoms with Crippen molar-refractivity contribution in [2.45, 2.75) is 209 Å². The number of nitrogens with one attached hydrogen (secondary N) is 3. The number of benzene rings is 10. The van der Waals surface area contributed by atoms with Crippen LogP contribution >= 0.6 is 47.8 Å². The Morgan fingerprint density at radius 2 is 0.945 bits per heavy atom. The molecule has 0 fully saturated rings. The lowest BCUT2D eigenvalue weighted by molar-refractivity contribution is 0.00624. The summed E-state index contributed by atoms with van der Waals surface area (Å²) in [6, 6.07) is 75.3. The number of phenols is 1. The Kier molecular flexibility index (Phi) is 35.3. The number of carbonyl (C=O) groups is 9. The van der Waals surface area contributed by atoms with Gasteiger partial charge in [0, 0.05) is 62.5 Å². The van der Waals surface area contributed by atoms with Crippen molar-refractivity contribution in [3.05, 3.63) is 346 Å². The van der Waals surface area contributed by atoms with Crippen LogP contribution in [0.15, 0.2) is 235 Å². The zero-order chi connectivity index (χ0) is 94.4. The highest BCUT2D eigenvalue weighted by atomic mass is 79.9. The quantitative estimate of drug-likeness (QED) is 0.0772. The van der Waals surface area contributed by atoms with Gasteiger partial charge in [0.25, 0.3) is 29.5 Å². The molecule has 10 aromatic rings. The molecule has 0 bridgehead atoms. The van der Waals surface area contributed by atoms with E-state index in [1.54, 1.807) is 98.7 Å². The second-order valence-electron chi connectivity index (χ2n) is 35.9. The maximum Gasteiger partial charge on any atom is 0.418 e. The van der Waals surface area contributed by atoms with Crippen molar-refractivity contribution in [1.82, 2.24) is 30.7 Å². The van der Waals surface area contributed by atoms with Gasteiger partial charge >= 0.3 is 24.4 Å². The normalized spacial score (nSPS) is 15.8. The first-order chi connectivity index (χ1) is 60.1. The number of imide groups is 3. The first kappa shape index (κ1) is 101. The molecule has 15 rings (SSSR count). The van der Waals surface area contributed by atoms with Crippen LogP contribution in [0.3, 0.4) is 0 Å². The SMILES string of the molecule is BrCc1ccccc1.CC(C)(C)OC(=O)NCCBr.CC1(Cc2ccccc2)NC(=O)c2ccc(O)cc21.Cc1ccc(Br)c(C#N)c1.Cc1ccc2c(c1)C(C)(Cc1ccccc1)N(C(=O)OC(C)(C)C)C2=O.Cc1ccc2c(c1)C(Cc1ccccc1)N(C(=O)OC(C)(C)C)C2=O.Cc1ccc2c(c1)CN(C(=O)OC(C)(C)C)C2=O.Cc1ccc2c(c1)CNC2=O. The van der Waals surface area contributed by atoms with E-state index in [9.17, 15) is 48.3 Å². The van der Waals surface area contributed by atoms with Gasteiger partial charge in [0.2, 0.25) is 0 Å². The zero-order valence-electron chi connectivity index (χ0n) is 76.4. The van der Waals surface area contributed by atoms with E-state index in [4.69, 9.17) is 24.2 Å². The number of phenolic OH excluding ortho intramolecular Hbond substituents is 1. The van der Waals surface area contributed by atoms with Crippen LogP contribution < -0.4 is 16.0 Å². The van der Waals surface area contributed by atoms with Crippen molar-refractivity contribution < 1.29 is 67.2 Å². The Balaban J connectivity index is 0.000000186. The van der Waals surface area contributed by atoms with Crippen LogP contribution in [0.25, 0.3) is 0 Å². The molecule has 0 aliphatic carbocycles. The lowest BCUT2D eigenvalue weighted by Crippen LogP contribution is -2.49. The number of hydrogen-bond donors (Lipinski definition) is 4. The molecule has 24 heteroatoms. The number of halogens is 3. The highest BCUT2D eigenvalue weighted by molar-refractivity contribution is 9.10. The Hall–Kier alpha value is -12.0. The molecule has 672 valence electrons. The Morgan fingerprint density at radius 1 is 0.484 bits per heavy atom. The number of nitriles is 1. The van der Waals surface area contributed by atoms with Crippen molar-refractivity contribution in [3.63, 3.8) is 0 Å². The lowest BCUT2D eigenvalue weighted by atomic mass is 9.85. The molecular formula is C104H116Br3N7O14. The number of alkyl halides is 2. The van der Waals surface area contributed by atoms with Crippen molar-refractivity contribution in [2.75, 3.05) is 11.9 Å². The van der Waals surface area contributed by atoms with Gasteiger partial charge in [-0.1, -0.05) is 230 Å². The summed E-state index contributed by atoms with van der Waals surface area (Å²) < 4.78 is 22.1. The van der Waals surface area contributed by atoms with Crippen molar-refractivity contribution in [1.29, 1.82) is 5.26 Å². The summed E-state index contributed by atoms with van der Waals surface area (Å²) in [6.45, 7) is 37.1. The van der Waals surface area contributed by atoms with E-state index in [1.165, 1.54) is 20.9 Å². The minimum atomic E-state index is -0.790. The average molecular weight is 1930 g/mol. The molecule has 21 nitrogen and oxygen atoms in total. The Bertz CT molecular complexity index is 5660. The van der Waals surface area contributed by atoms with Gasteiger partial charge in [-0.05, 0) is 271 Å². The highest BCUT2D eigenvalue weighted by Gasteiger charge is 2.51. The minimum absolute atomic E-state index is 0.0556. The standard InChI is InChI=1S/C22H25NO3.C21H23NO3.C16H15NO2.C14H17NO3.C9H9NO.C8H6BrN.C7H14BrNO2.C7H7Br/c1-15-11-12-17-18(13-15)22(5,14-16-9-7-6-8-10-16)23(19(17)24)20(25)26-21(2,3)4;1-14-10-11-16-17(12-14)18(13-15-8-6-5-7-9-15)22(19(16)23)20(24)25-21(2,3)4;1-16(10-11-5-3-2-4-6-11)14-9-12(18)7-8-13(14)15(19)17-16;1-9-5-6-11-10(7-9)8-15(12(11)16)13(17)18-14(2,3)4;1-6-2-3-8-7(4-6)5-10-9(8)11;1-6-2-3-8(9)7(4-6)5-10;1-7(2,3)11-6(10)9-5-4-8;8-6-7-4-2-1-3-5-7/h6-13H,14H2,1-5H3;5-12,18H,13H2,1-4H3;2-9,18H,10H2,1H3,(H,17,19);5-7H,8H2,1-4H3;2-4H,5H2,1H3,(H,10,11);2-4H,1H3;4-5H2,1-3H3,(H,9,10);1-5H,6H2. The number of amides is 9. The third-order valence-corrected chi connectivity index (χ3v) is 21.8. The van der Waals surface area contributed by atoms with Crippen LogP contribution in [-0.4, -0.2) is 108 Å². The van der Waals surface area contributed by atoms with E-state index in [1.807, 2.05) is 251 Å². The van der Waals surface area contributed by atoms with Gasteiger partial charge < -0.3 is 40.0 Å². The number of aromatic hydroxyl groups is 1. The van der Waals surface area contributed by atoms with Gasteiger partial charge in [-0.25, -0.2) is 33.9 Å². The molecule has 3 unspecified atom stereocenters. The minimum Gasteiger partial charge on any atom is -0.508 e. The predicted molar refractivity (Wildman–Crippen MR) is 511 cm³/mol. The van der Waals surface area contributed by atoms with E-state index in [-0.39, 0.29) is 47.4 Å². The van der Waals surface area contributed by atoms with Gasteiger partial charge in [0.1, 0.15) is 34.2 Å². The molecule has 5 aliphatic heterocycles. The number of fused-ring (bicyclic) bond motifs is 5. The summed E-state index contributed by atoms with van der Waals surface area (Å²) in [7, 11) is 0. The molecule has 0 radical (unpaired) electrons. The number of ether oxygens (including phenoxy) is 4. The van der Waals surface area contributed by atoms with E-state index in [0.717, 1.165) is 92.4 Å². The molecule has 0 spiro atoms. The molecule has 5 aliphatic rings. The number of aryl methyl sites for hydroxylation is 5. The fraction of sp³-hybridized carbons (Fsp3) is 0.327. The molecule has 0 aromatic heterocycles. The molecule has 128 heavy (non-hydrogen) atoms. The first-order valence-electron chi connectivity index (χ1n) is 42.1. The third kappa shape index (κ3) is 29.0. The highest BCUT2D eigenvalue weighted by Crippen LogP contribution is 2.44. The van der Waals surface area contributed by atoms with Gasteiger partial charge in [-0.15, -0.1) is 0 Å². The van der Waals surface area contributed by atoms with E-state index in [0.29, 0.717) is 66.7 Å². The number of nitrogens with zero attached hydrogens (tertiary/aromatic N) is 4. The van der Waals surface area contributed by atoms with Crippen LogP contribution in [0, 0.1) is 45.9 Å². The lowest BCUT2D eigenvalue weighted by Gasteiger charge is -2.35. The maximum atomic E-state index is 13.1. The summed E-state index contributed by atoms with van der Waals surface area (Å²) in [5, 5.41) is 28.3. The van der Waals surface area contributed by atoms with Crippen molar-refractivity contribution >= 4 is 102 Å². The summed E-state index contributed by atoms with van der Waals surface area (Å²) in [6.07, 6.45) is -0.325. The summed E-state index contributed by atoms with van der Waals surface area (Å²) >= 11 is 9.81. The second-order valence-corrected chi connectivity index (χ2v) is 38.2. The maximum absolute atomic E-state index is 13.1. The summed E-state index contributed by atoms with van der Waals surface area (Å²) in [5.41, 5.74) is 15.1. The zero-order valence-corrected chi connectivity index (χ0v) is 81.1. The van der Waals surface area contributed by atoms with E-state index >= 15 is 0 Å². The van der Waals surface area contributed by atoms with E-state index in [2.05, 4.69) is 81.9 Å². The van der Waals surface area contributed by atoms with Crippen LogP contribution in [0.4, 0.5) is 19.2 Å². The molecule has 0 saturated heterocycles. The topological polar surface area (TPSA) is 280 Å². The summed E-state index contributed by atoms with van der Waals surface area (Å²) in [5.74, 6) is -0.694. The molecule has 4 N–H and O–H groups in total. The summed E-state index contributed by atoms with van der Waals surface area (Å²) in [4.78, 5) is 113. The molecule has 5 heterocycles. The number of rotatable bonds is 9. The second kappa shape index (κ2) is 44.6. The Morgan fingerprint density at radius 3 is 1.47 bits per heavy atom. The van der Waals surface area contributed by atoms with Crippen LogP contribution in [0.1, 0.15) is 238 Å². The largest absolute Gasteiger partial charge is 0.508 e.